The first kappa shape index (κ1) is 27.4. The summed E-state index contributed by atoms with van der Waals surface area (Å²) in [6.07, 6.45) is 7.63. The van der Waals surface area contributed by atoms with Crippen LogP contribution in [0.5, 0.6) is 11.5 Å². The summed E-state index contributed by atoms with van der Waals surface area (Å²) < 4.78 is 11.9. The van der Waals surface area contributed by atoms with E-state index in [2.05, 4.69) is 56.1 Å². The van der Waals surface area contributed by atoms with Gasteiger partial charge in [-0.15, -0.1) is 0 Å². The number of carbonyl (C=O) groups excluding carboxylic acids is 1. The third-order valence-corrected chi connectivity index (χ3v) is 8.59. The van der Waals surface area contributed by atoms with E-state index in [4.69, 9.17) is 21.1 Å². The molecule has 0 saturated heterocycles. The first-order valence-corrected chi connectivity index (χ1v) is 14.5. The number of fused-ring (bicyclic) bond motifs is 1. The van der Waals surface area contributed by atoms with Crippen LogP contribution in [-0.2, 0) is 11.2 Å². The lowest BCUT2D eigenvalue weighted by atomic mass is 9.86. The molecule has 1 aliphatic heterocycles. The molecular weight excluding hydrogens is 508 g/mol. The molecule has 206 valence electrons. The number of halogens is 1. The minimum atomic E-state index is -0.314. The second-order valence-corrected chi connectivity index (χ2v) is 11.3. The molecule has 39 heavy (non-hydrogen) atoms. The van der Waals surface area contributed by atoms with E-state index >= 15 is 0 Å². The second-order valence-electron chi connectivity index (χ2n) is 10.9. The van der Waals surface area contributed by atoms with Crippen molar-refractivity contribution >= 4 is 28.9 Å². The number of carbonyl (C=O) groups is 1. The number of rotatable bonds is 8. The SMILES string of the molecule is CCC(C)Oc1cc2c(cc1OC)CC(=O)N(c1ccc(N(C)C3CCCCC3)cc1)C2c1ccc(Cl)cc1. The van der Waals surface area contributed by atoms with Crippen molar-refractivity contribution in [2.75, 3.05) is 24.0 Å². The summed E-state index contributed by atoms with van der Waals surface area (Å²) >= 11 is 6.26. The molecule has 0 N–H and O–H groups in total. The summed E-state index contributed by atoms with van der Waals surface area (Å²) in [7, 11) is 3.83. The summed E-state index contributed by atoms with van der Waals surface area (Å²) in [6, 6.07) is 20.5. The topological polar surface area (TPSA) is 42.0 Å². The molecule has 0 aromatic heterocycles. The van der Waals surface area contributed by atoms with Crippen molar-refractivity contribution in [3.05, 3.63) is 82.4 Å². The minimum absolute atomic E-state index is 0.0426. The maximum absolute atomic E-state index is 13.8. The van der Waals surface area contributed by atoms with Crippen LogP contribution in [-0.4, -0.2) is 32.2 Å². The maximum Gasteiger partial charge on any atom is 0.232 e. The lowest BCUT2D eigenvalue weighted by molar-refractivity contribution is -0.118. The summed E-state index contributed by atoms with van der Waals surface area (Å²) in [5.41, 5.74) is 5.06. The lowest BCUT2D eigenvalue weighted by Crippen LogP contribution is -2.41. The number of amides is 1. The zero-order valence-corrected chi connectivity index (χ0v) is 24.2. The Kier molecular flexibility index (Phi) is 8.37. The molecule has 3 aromatic rings. The van der Waals surface area contributed by atoms with Crippen molar-refractivity contribution in [1.82, 2.24) is 0 Å². The molecule has 1 amide bonds. The fourth-order valence-electron chi connectivity index (χ4n) is 5.90. The molecule has 1 heterocycles. The highest BCUT2D eigenvalue weighted by Crippen LogP contribution is 2.44. The molecular formula is C33H39ClN2O3. The number of methoxy groups -OCH3 is 1. The van der Waals surface area contributed by atoms with Crippen LogP contribution in [0.15, 0.2) is 60.7 Å². The molecule has 3 aromatic carbocycles. The fourth-order valence-corrected chi connectivity index (χ4v) is 6.03. The average molecular weight is 547 g/mol. The van der Waals surface area contributed by atoms with E-state index in [0.29, 0.717) is 29.0 Å². The number of hydrogen-bond donors (Lipinski definition) is 0. The zero-order chi connectivity index (χ0) is 27.5. The van der Waals surface area contributed by atoms with Gasteiger partial charge in [-0.25, -0.2) is 0 Å². The van der Waals surface area contributed by atoms with E-state index in [-0.39, 0.29) is 18.1 Å². The Balaban J connectivity index is 1.56. The van der Waals surface area contributed by atoms with Crippen LogP contribution >= 0.6 is 11.6 Å². The van der Waals surface area contributed by atoms with Crippen LogP contribution in [0.2, 0.25) is 5.02 Å². The van der Waals surface area contributed by atoms with Crippen molar-refractivity contribution in [2.24, 2.45) is 0 Å². The third-order valence-electron chi connectivity index (χ3n) is 8.34. The third kappa shape index (κ3) is 5.74. The monoisotopic (exact) mass is 546 g/mol. The van der Waals surface area contributed by atoms with Gasteiger partial charge in [-0.3, -0.25) is 4.79 Å². The quantitative estimate of drug-likeness (QED) is 0.287. The fraction of sp³-hybridized carbons (Fsp3) is 0.424. The minimum Gasteiger partial charge on any atom is -0.493 e. The van der Waals surface area contributed by atoms with E-state index in [1.54, 1.807) is 7.11 Å². The summed E-state index contributed by atoms with van der Waals surface area (Å²) in [5.74, 6) is 1.40. The Labute approximate surface area is 237 Å². The molecule has 0 spiro atoms. The van der Waals surface area contributed by atoms with Gasteiger partial charge < -0.3 is 19.3 Å². The van der Waals surface area contributed by atoms with E-state index in [9.17, 15) is 4.79 Å². The van der Waals surface area contributed by atoms with Crippen molar-refractivity contribution in [2.45, 2.75) is 77.0 Å². The number of ether oxygens (including phenoxy) is 2. The van der Waals surface area contributed by atoms with Crippen molar-refractivity contribution in [1.29, 1.82) is 0 Å². The highest BCUT2D eigenvalue weighted by atomic mass is 35.5. The highest BCUT2D eigenvalue weighted by Gasteiger charge is 2.36. The van der Waals surface area contributed by atoms with Gasteiger partial charge in [0.2, 0.25) is 5.91 Å². The Hall–Kier alpha value is -3.18. The van der Waals surface area contributed by atoms with Gasteiger partial charge in [0.1, 0.15) is 0 Å². The summed E-state index contributed by atoms with van der Waals surface area (Å²) in [6.45, 7) is 4.15. The molecule has 2 atom stereocenters. The van der Waals surface area contributed by atoms with E-state index < -0.39 is 0 Å². The van der Waals surface area contributed by atoms with Gasteiger partial charge in [0.25, 0.3) is 0 Å². The second kappa shape index (κ2) is 11.9. The Morgan fingerprint density at radius 1 is 1.00 bits per heavy atom. The highest BCUT2D eigenvalue weighted by molar-refractivity contribution is 6.30. The Morgan fingerprint density at radius 3 is 2.33 bits per heavy atom. The maximum atomic E-state index is 13.8. The van der Waals surface area contributed by atoms with E-state index in [1.807, 2.05) is 35.2 Å². The number of nitrogens with zero attached hydrogens (tertiary/aromatic N) is 2. The number of benzene rings is 3. The van der Waals surface area contributed by atoms with Gasteiger partial charge in [0, 0.05) is 29.5 Å². The van der Waals surface area contributed by atoms with Crippen LogP contribution in [0, 0.1) is 0 Å². The lowest BCUT2D eigenvalue weighted by Gasteiger charge is -2.38. The zero-order valence-electron chi connectivity index (χ0n) is 23.5. The van der Waals surface area contributed by atoms with Gasteiger partial charge >= 0.3 is 0 Å². The van der Waals surface area contributed by atoms with Gasteiger partial charge in [0.15, 0.2) is 11.5 Å². The largest absolute Gasteiger partial charge is 0.493 e. The smallest absolute Gasteiger partial charge is 0.232 e. The molecule has 5 rings (SSSR count). The molecule has 1 fully saturated rings. The van der Waals surface area contributed by atoms with Gasteiger partial charge in [-0.1, -0.05) is 49.9 Å². The first-order valence-electron chi connectivity index (χ1n) is 14.2. The molecule has 2 aliphatic rings. The number of anilines is 2. The van der Waals surface area contributed by atoms with E-state index in [1.165, 1.54) is 37.8 Å². The van der Waals surface area contributed by atoms with Gasteiger partial charge in [-0.2, -0.15) is 0 Å². The first-order chi connectivity index (χ1) is 18.9. The molecule has 0 radical (unpaired) electrons. The molecule has 1 aliphatic carbocycles. The number of hydrogen-bond acceptors (Lipinski definition) is 4. The van der Waals surface area contributed by atoms with Gasteiger partial charge in [0.05, 0.1) is 25.7 Å². The summed E-state index contributed by atoms with van der Waals surface area (Å²) in [4.78, 5) is 18.1. The molecule has 6 heteroatoms. The predicted molar refractivity (Wildman–Crippen MR) is 160 cm³/mol. The van der Waals surface area contributed by atoms with Gasteiger partial charge in [-0.05, 0) is 91.4 Å². The molecule has 1 saturated carbocycles. The van der Waals surface area contributed by atoms with Crippen LogP contribution < -0.4 is 19.3 Å². The van der Waals surface area contributed by atoms with Crippen molar-refractivity contribution < 1.29 is 14.3 Å². The Bertz CT molecular complexity index is 1290. The van der Waals surface area contributed by atoms with Crippen molar-refractivity contribution in [3.8, 4) is 11.5 Å². The van der Waals surface area contributed by atoms with E-state index in [0.717, 1.165) is 28.8 Å². The van der Waals surface area contributed by atoms with Crippen molar-refractivity contribution in [3.63, 3.8) is 0 Å². The predicted octanol–water partition coefficient (Wildman–Crippen LogP) is 7.97. The molecule has 2 unspecified atom stereocenters. The summed E-state index contributed by atoms with van der Waals surface area (Å²) in [5, 5.41) is 0.665. The average Bonchev–Trinajstić information content (AvgIpc) is 2.97. The van der Waals surface area contributed by atoms with Crippen LogP contribution in [0.1, 0.15) is 75.1 Å². The van der Waals surface area contributed by atoms with Crippen LogP contribution in [0.3, 0.4) is 0 Å². The molecule has 5 nitrogen and oxygen atoms in total. The molecule has 0 bridgehead atoms. The van der Waals surface area contributed by atoms with Crippen LogP contribution in [0.25, 0.3) is 0 Å². The normalized spacial score (nSPS) is 18.4. The van der Waals surface area contributed by atoms with Crippen LogP contribution in [0.4, 0.5) is 11.4 Å². The Morgan fingerprint density at radius 2 is 1.69 bits per heavy atom. The standard InChI is InChI=1S/C33H39ClN2O3/c1-5-22(2)39-31-21-29-24(19-30(31)38-4)20-32(37)36(33(29)23-11-13-25(34)14-12-23)28-17-15-27(16-18-28)35(3)26-9-7-6-8-10-26/h11-19,21-22,26,33H,5-10,20H2,1-4H3.